The Labute approximate surface area is 101 Å². The van der Waals surface area contributed by atoms with Gasteiger partial charge in [0.25, 0.3) is 0 Å². The molecule has 3 nitrogen and oxygen atoms in total. The predicted octanol–water partition coefficient (Wildman–Crippen LogP) is 1.08. The third-order valence-corrected chi connectivity index (χ3v) is 3.88. The molecule has 1 aromatic rings. The minimum Gasteiger partial charge on any atom is -0.394 e. The SMILES string of the molecule is Cc1ccccc1C(CN)SCC(O)CO. The molecule has 0 bridgehead atoms. The van der Waals surface area contributed by atoms with Crippen molar-refractivity contribution in [1.82, 2.24) is 0 Å². The van der Waals surface area contributed by atoms with E-state index in [1.165, 1.54) is 11.1 Å². The van der Waals surface area contributed by atoms with Gasteiger partial charge in [-0.15, -0.1) is 11.8 Å². The van der Waals surface area contributed by atoms with Crippen molar-refractivity contribution < 1.29 is 10.2 Å². The van der Waals surface area contributed by atoms with E-state index in [1.807, 2.05) is 12.1 Å². The quantitative estimate of drug-likeness (QED) is 0.697. The van der Waals surface area contributed by atoms with Gasteiger partial charge < -0.3 is 15.9 Å². The molecule has 0 radical (unpaired) electrons. The Morgan fingerprint density at radius 2 is 2.06 bits per heavy atom. The van der Waals surface area contributed by atoms with Crippen LogP contribution in [0, 0.1) is 6.92 Å². The first-order valence-electron chi connectivity index (χ1n) is 5.35. The second kappa shape index (κ2) is 6.91. The molecular weight excluding hydrogens is 222 g/mol. The summed E-state index contributed by atoms with van der Waals surface area (Å²) in [4.78, 5) is 0. The Balaban J connectivity index is 2.64. The number of nitrogens with two attached hydrogens (primary N) is 1. The van der Waals surface area contributed by atoms with Crippen molar-refractivity contribution in [3.63, 3.8) is 0 Å². The summed E-state index contributed by atoms with van der Waals surface area (Å²) in [6.07, 6.45) is -0.664. The Hall–Kier alpha value is -0.550. The maximum atomic E-state index is 9.31. The molecule has 4 N–H and O–H groups in total. The fraction of sp³-hybridized carbons (Fsp3) is 0.500. The summed E-state index contributed by atoms with van der Waals surface area (Å²) in [7, 11) is 0. The lowest BCUT2D eigenvalue weighted by atomic mass is 10.1. The third kappa shape index (κ3) is 3.79. The average Bonchev–Trinajstić information content (AvgIpc) is 2.31. The van der Waals surface area contributed by atoms with E-state index in [0.29, 0.717) is 12.3 Å². The second-order valence-electron chi connectivity index (χ2n) is 3.75. The minimum absolute atomic E-state index is 0.183. The van der Waals surface area contributed by atoms with E-state index in [-0.39, 0.29) is 11.9 Å². The van der Waals surface area contributed by atoms with Crippen LogP contribution in [0.5, 0.6) is 0 Å². The standard InChI is InChI=1S/C12H19NO2S/c1-9-4-2-3-5-11(9)12(6-13)16-8-10(15)7-14/h2-5,10,12,14-15H,6-8,13H2,1H3. The van der Waals surface area contributed by atoms with E-state index in [2.05, 4.69) is 19.1 Å². The fourth-order valence-corrected chi connectivity index (χ4v) is 2.65. The van der Waals surface area contributed by atoms with E-state index in [4.69, 9.17) is 10.8 Å². The number of hydrogen-bond acceptors (Lipinski definition) is 4. The number of aryl methyl sites for hydroxylation is 1. The van der Waals surface area contributed by atoms with Crippen LogP contribution in [0.15, 0.2) is 24.3 Å². The van der Waals surface area contributed by atoms with Crippen molar-refractivity contribution in [2.45, 2.75) is 18.3 Å². The van der Waals surface area contributed by atoms with E-state index < -0.39 is 6.10 Å². The fourth-order valence-electron chi connectivity index (χ4n) is 1.51. The minimum atomic E-state index is -0.664. The van der Waals surface area contributed by atoms with Gasteiger partial charge in [-0.05, 0) is 18.1 Å². The third-order valence-electron chi connectivity index (χ3n) is 2.45. The number of benzene rings is 1. The lowest BCUT2D eigenvalue weighted by molar-refractivity contribution is 0.113. The summed E-state index contributed by atoms with van der Waals surface area (Å²) in [5.74, 6) is 0.507. The largest absolute Gasteiger partial charge is 0.394 e. The van der Waals surface area contributed by atoms with E-state index >= 15 is 0 Å². The van der Waals surface area contributed by atoms with Crippen molar-refractivity contribution >= 4 is 11.8 Å². The summed E-state index contributed by atoms with van der Waals surface area (Å²) in [5, 5.41) is 18.2. The molecular formula is C12H19NO2S. The topological polar surface area (TPSA) is 66.5 Å². The lowest BCUT2D eigenvalue weighted by Gasteiger charge is -2.18. The zero-order valence-corrected chi connectivity index (χ0v) is 10.3. The highest BCUT2D eigenvalue weighted by molar-refractivity contribution is 7.99. The first-order valence-corrected chi connectivity index (χ1v) is 6.40. The van der Waals surface area contributed by atoms with Crippen molar-refractivity contribution in [3.8, 4) is 0 Å². The van der Waals surface area contributed by atoms with Gasteiger partial charge in [0.15, 0.2) is 0 Å². The first-order chi connectivity index (χ1) is 7.69. The van der Waals surface area contributed by atoms with Gasteiger partial charge in [-0.2, -0.15) is 0 Å². The molecule has 0 saturated carbocycles. The molecule has 2 atom stereocenters. The number of hydrogen-bond donors (Lipinski definition) is 3. The van der Waals surface area contributed by atoms with Crippen LogP contribution < -0.4 is 5.73 Å². The van der Waals surface area contributed by atoms with Crippen LogP contribution in [0.25, 0.3) is 0 Å². The van der Waals surface area contributed by atoms with Crippen LogP contribution in [0.4, 0.5) is 0 Å². The van der Waals surface area contributed by atoms with Crippen molar-refractivity contribution in [1.29, 1.82) is 0 Å². The van der Waals surface area contributed by atoms with Crippen LogP contribution in [-0.2, 0) is 0 Å². The molecule has 1 aromatic carbocycles. The van der Waals surface area contributed by atoms with Crippen LogP contribution in [0.3, 0.4) is 0 Å². The second-order valence-corrected chi connectivity index (χ2v) is 4.99. The Kier molecular flexibility index (Phi) is 5.84. The average molecular weight is 241 g/mol. The summed E-state index contributed by atoms with van der Waals surface area (Å²) in [5.41, 5.74) is 8.16. The van der Waals surface area contributed by atoms with E-state index in [1.54, 1.807) is 11.8 Å². The van der Waals surface area contributed by atoms with Gasteiger partial charge in [-0.1, -0.05) is 24.3 Å². The molecule has 0 fully saturated rings. The molecule has 1 rings (SSSR count). The zero-order valence-electron chi connectivity index (χ0n) is 9.47. The number of aliphatic hydroxyl groups excluding tert-OH is 2. The summed E-state index contributed by atoms with van der Waals surface area (Å²) in [6.45, 7) is 2.40. The van der Waals surface area contributed by atoms with Gasteiger partial charge >= 0.3 is 0 Å². The predicted molar refractivity (Wildman–Crippen MR) is 68.5 cm³/mol. The van der Waals surface area contributed by atoms with Crippen molar-refractivity contribution in [2.24, 2.45) is 5.73 Å². The molecule has 0 saturated heterocycles. The summed E-state index contributed by atoms with van der Waals surface area (Å²) >= 11 is 1.59. The highest BCUT2D eigenvalue weighted by Crippen LogP contribution is 2.30. The van der Waals surface area contributed by atoms with Gasteiger partial charge in [0.05, 0.1) is 12.7 Å². The summed E-state index contributed by atoms with van der Waals surface area (Å²) in [6, 6.07) is 8.11. The molecule has 0 amide bonds. The molecule has 2 unspecified atom stereocenters. The van der Waals surface area contributed by atoms with Crippen LogP contribution in [0.2, 0.25) is 0 Å². The number of thioether (sulfide) groups is 1. The van der Waals surface area contributed by atoms with Gasteiger partial charge in [-0.25, -0.2) is 0 Å². The van der Waals surface area contributed by atoms with Crippen LogP contribution in [0.1, 0.15) is 16.4 Å². The smallest absolute Gasteiger partial charge is 0.0861 e. The number of rotatable bonds is 6. The lowest BCUT2D eigenvalue weighted by Crippen LogP contribution is -2.18. The molecule has 4 heteroatoms. The normalized spacial score (nSPS) is 14.8. The Morgan fingerprint density at radius 1 is 1.38 bits per heavy atom. The monoisotopic (exact) mass is 241 g/mol. The van der Waals surface area contributed by atoms with E-state index in [9.17, 15) is 5.11 Å². The van der Waals surface area contributed by atoms with E-state index in [0.717, 1.165) is 0 Å². The molecule has 0 aliphatic carbocycles. The van der Waals surface area contributed by atoms with Crippen LogP contribution >= 0.6 is 11.8 Å². The van der Waals surface area contributed by atoms with Gasteiger partial charge in [0, 0.05) is 17.5 Å². The highest BCUT2D eigenvalue weighted by Gasteiger charge is 2.14. The number of aliphatic hydroxyl groups is 2. The maximum absolute atomic E-state index is 9.31. The Morgan fingerprint density at radius 3 is 2.62 bits per heavy atom. The Bertz CT molecular complexity index is 320. The molecule has 0 spiro atoms. The van der Waals surface area contributed by atoms with Crippen molar-refractivity contribution in [3.05, 3.63) is 35.4 Å². The van der Waals surface area contributed by atoms with Gasteiger partial charge in [0.1, 0.15) is 0 Å². The molecule has 16 heavy (non-hydrogen) atoms. The van der Waals surface area contributed by atoms with Crippen LogP contribution in [-0.4, -0.2) is 35.2 Å². The molecule has 0 aromatic heterocycles. The van der Waals surface area contributed by atoms with Gasteiger partial charge in [0.2, 0.25) is 0 Å². The zero-order chi connectivity index (χ0) is 12.0. The molecule has 0 heterocycles. The highest BCUT2D eigenvalue weighted by atomic mass is 32.2. The molecule has 0 aliphatic rings. The first kappa shape index (κ1) is 13.5. The van der Waals surface area contributed by atoms with Gasteiger partial charge in [-0.3, -0.25) is 0 Å². The molecule has 90 valence electrons. The molecule has 0 aliphatic heterocycles. The maximum Gasteiger partial charge on any atom is 0.0861 e. The van der Waals surface area contributed by atoms with Crippen molar-refractivity contribution in [2.75, 3.05) is 18.9 Å². The summed E-state index contributed by atoms with van der Waals surface area (Å²) < 4.78 is 0.